The quantitative estimate of drug-likeness (QED) is 0.812. The van der Waals surface area contributed by atoms with Gasteiger partial charge >= 0.3 is 5.97 Å². The van der Waals surface area contributed by atoms with Gasteiger partial charge in [0.2, 0.25) is 0 Å². The van der Waals surface area contributed by atoms with Crippen molar-refractivity contribution < 1.29 is 14.7 Å². The van der Waals surface area contributed by atoms with E-state index < -0.39 is 11.9 Å². The maximum Gasteiger partial charge on any atom is 0.335 e. The van der Waals surface area contributed by atoms with E-state index in [9.17, 15) is 9.59 Å². The van der Waals surface area contributed by atoms with Crippen LogP contribution >= 0.6 is 0 Å². The number of hydrogen-bond donors (Lipinski definition) is 2. The number of benzene rings is 1. The molecule has 1 aromatic heterocycles. The maximum atomic E-state index is 11.1. The molecule has 0 aliphatic rings. The summed E-state index contributed by atoms with van der Waals surface area (Å²) in [5.41, 5.74) is 6.30. The van der Waals surface area contributed by atoms with Crippen molar-refractivity contribution in [1.82, 2.24) is 15.0 Å². The van der Waals surface area contributed by atoms with E-state index in [1.807, 2.05) is 0 Å². The van der Waals surface area contributed by atoms with E-state index in [-0.39, 0.29) is 11.3 Å². The summed E-state index contributed by atoms with van der Waals surface area (Å²) in [5, 5.41) is 16.3. The standard InChI is InChI=1S/C11H10N4O3/c1-6-9(10(12)16)13-14-15(6)8-4-2-3-7(5-8)11(17)18/h2-5H,1H3,(H2,12,16)(H,17,18). The van der Waals surface area contributed by atoms with Crippen LogP contribution in [0.5, 0.6) is 0 Å². The molecule has 0 spiro atoms. The van der Waals surface area contributed by atoms with Gasteiger partial charge in [-0.3, -0.25) is 4.79 Å². The van der Waals surface area contributed by atoms with Crippen LogP contribution in [0.25, 0.3) is 5.69 Å². The molecule has 2 rings (SSSR count). The highest BCUT2D eigenvalue weighted by atomic mass is 16.4. The molecule has 7 nitrogen and oxygen atoms in total. The van der Waals surface area contributed by atoms with Crippen molar-refractivity contribution in [2.45, 2.75) is 6.92 Å². The number of carboxylic acids is 1. The Bertz CT molecular complexity index is 633. The third-order valence-corrected chi connectivity index (χ3v) is 2.47. The first-order chi connectivity index (χ1) is 8.50. The molecule has 0 saturated heterocycles. The number of nitrogens with zero attached hydrogens (tertiary/aromatic N) is 3. The molecule has 18 heavy (non-hydrogen) atoms. The monoisotopic (exact) mass is 246 g/mol. The molecule has 0 radical (unpaired) electrons. The Kier molecular flexibility index (Phi) is 2.80. The zero-order valence-electron chi connectivity index (χ0n) is 9.49. The molecule has 0 atom stereocenters. The fourth-order valence-corrected chi connectivity index (χ4v) is 1.57. The van der Waals surface area contributed by atoms with Crippen molar-refractivity contribution >= 4 is 11.9 Å². The van der Waals surface area contributed by atoms with Crippen LogP contribution in [0.3, 0.4) is 0 Å². The molecule has 0 aliphatic heterocycles. The zero-order valence-corrected chi connectivity index (χ0v) is 9.49. The smallest absolute Gasteiger partial charge is 0.335 e. The molecule has 0 aliphatic carbocycles. The van der Waals surface area contributed by atoms with Crippen molar-refractivity contribution in [1.29, 1.82) is 0 Å². The van der Waals surface area contributed by atoms with Crippen LogP contribution < -0.4 is 5.73 Å². The van der Waals surface area contributed by atoms with Gasteiger partial charge in [-0.05, 0) is 25.1 Å². The lowest BCUT2D eigenvalue weighted by Gasteiger charge is -2.04. The summed E-state index contributed by atoms with van der Waals surface area (Å²) in [7, 11) is 0. The van der Waals surface area contributed by atoms with Gasteiger partial charge in [0, 0.05) is 0 Å². The lowest BCUT2D eigenvalue weighted by Crippen LogP contribution is -2.13. The Hall–Kier alpha value is -2.70. The van der Waals surface area contributed by atoms with Crippen molar-refractivity contribution in [3.63, 3.8) is 0 Å². The average molecular weight is 246 g/mol. The van der Waals surface area contributed by atoms with E-state index >= 15 is 0 Å². The molecule has 7 heteroatoms. The number of carbonyl (C=O) groups excluding carboxylic acids is 1. The van der Waals surface area contributed by atoms with Crippen LogP contribution in [0, 0.1) is 6.92 Å². The molecule has 1 amide bonds. The van der Waals surface area contributed by atoms with Crippen molar-refractivity contribution in [3.8, 4) is 5.69 Å². The van der Waals surface area contributed by atoms with Gasteiger partial charge in [-0.15, -0.1) is 5.10 Å². The third kappa shape index (κ3) is 1.93. The Morgan fingerprint density at radius 2 is 2.11 bits per heavy atom. The summed E-state index contributed by atoms with van der Waals surface area (Å²) in [4.78, 5) is 21.9. The average Bonchev–Trinajstić information content (AvgIpc) is 2.71. The summed E-state index contributed by atoms with van der Waals surface area (Å²) in [6, 6.07) is 6.16. The van der Waals surface area contributed by atoms with Gasteiger partial charge < -0.3 is 10.8 Å². The zero-order chi connectivity index (χ0) is 13.3. The SMILES string of the molecule is Cc1c(C(N)=O)nnn1-c1cccc(C(=O)O)c1. The number of carboxylic acid groups (broad SMARTS) is 1. The topological polar surface area (TPSA) is 111 Å². The minimum atomic E-state index is -1.04. The maximum absolute atomic E-state index is 11.1. The van der Waals surface area contributed by atoms with Gasteiger partial charge in [0.1, 0.15) is 0 Å². The van der Waals surface area contributed by atoms with E-state index in [1.54, 1.807) is 19.1 Å². The van der Waals surface area contributed by atoms with Crippen LogP contribution in [0.4, 0.5) is 0 Å². The second kappa shape index (κ2) is 4.28. The fourth-order valence-electron chi connectivity index (χ4n) is 1.57. The molecule has 0 unspecified atom stereocenters. The van der Waals surface area contributed by atoms with Crippen molar-refractivity contribution in [3.05, 3.63) is 41.2 Å². The second-order valence-electron chi connectivity index (χ2n) is 3.65. The predicted octanol–water partition coefficient (Wildman–Crippen LogP) is 0.373. The summed E-state index contributed by atoms with van der Waals surface area (Å²) in [6.45, 7) is 1.63. The molecule has 92 valence electrons. The van der Waals surface area contributed by atoms with Crippen LogP contribution in [-0.4, -0.2) is 32.0 Å². The summed E-state index contributed by atoms with van der Waals surface area (Å²) in [5.74, 6) is -1.71. The highest BCUT2D eigenvalue weighted by molar-refractivity contribution is 5.92. The number of primary amides is 1. The third-order valence-electron chi connectivity index (χ3n) is 2.47. The van der Waals surface area contributed by atoms with Gasteiger partial charge in [0.15, 0.2) is 5.69 Å². The fraction of sp³-hybridized carbons (Fsp3) is 0.0909. The minimum Gasteiger partial charge on any atom is -0.478 e. The number of carbonyl (C=O) groups is 2. The molecular weight excluding hydrogens is 236 g/mol. The minimum absolute atomic E-state index is 0.0655. The molecule has 3 N–H and O–H groups in total. The molecule has 1 heterocycles. The number of amides is 1. The van der Waals surface area contributed by atoms with Gasteiger partial charge in [-0.25, -0.2) is 9.48 Å². The first kappa shape index (κ1) is 11.8. The lowest BCUT2D eigenvalue weighted by molar-refractivity contribution is 0.0696. The number of rotatable bonds is 3. The highest BCUT2D eigenvalue weighted by Crippen LogP contribution is 2.13. The summed E-state index contributed by atoms with van der Waals surface area (Å²) in [6.07, 6.45) is 0. The van der Waals surface area contributed by atoms with Gasteiger partial charge in [0.25, 0.3) is 5.91 Å². The van der Waals surface area contributed by atoms with Crippen LogP contribution in [0.1, 0.15) is 26.5 Å². The normalized spacial score (nSPS) is 10.3. The molecule has 0 fully saturated rings. The molecule has 2 aromatic rings. The first-order valence-corrected chi connectivity index (χ1v) is 5.06. The Morgan fingerprint density at radius 1 is 1.39 bits per heavy atom. The molecule has 1 aromatic carbocycles. The number of nitrogens with two attached hydrogens (primary N) is 1. The Morgan fingerprint density at radius 3 is 2.67 bits per heavy atom. The predicted molar refractivity (Wildman–Crippen MR) is 61.6 cm³/mol. The molecular formula is C11H10N4O3. The van der Waals surface area contributed by atoms with Crippen LogP contribution in [0.2, 0.25) is 0 Å². The van der Waals surface area contributed by atoms with Crippen molar-refractivity contribution in [2.24, 2.45) is 5.73 Å². The largest absolute Gasteiger partial charge is 0.478 e. The first-order valence-electron chi connectivity index (χ1n) is 5.06. The van der Waals surface area contributed by atoms with Crippen LogP contribution in [-0.2, 0) is 0 Å². The van der Waals surface area contributed by atoms with E-state index in [2.05, 4.69) is 10.3 Å². The van der Waals surface area contributed by atoms with E-state index in [4.69, 9.17) is 10.8 Å². The van der Waals surface area contributed by atoms with E-state index in [1.165, 1.54) is 16.8 Å². The second-order valence-corrected chi connectivity index (χ2v) is 3.65. The lowest BCUT2D eigenvalue weighted by atomic mass is 10.2. The van der Waals surface area contributed by atoms with E-state index in [0.29, 0.717) is 11.4 Å². The van der Waals surface area contributed by atoms with Gasteiger partial charge in [-0.2, -0.15) is 0 Å². The summed E-state index contributed by atoms with van der Waals surface area (Å²) < 4.78 is 1.37. The molecule has 0 bridgehead atoms. The van der Waals surface area contributed by atoms with Gasteiger partial charge in [-0.1, -0.05) is 11.3 Å². The van der Waals surface area contributed by atoms with Crippen molar-refractivity contribution in [2.75, 3.05) is 0 Å². The van der Waals surface area contributed by atoms with Gasteiger partial charge in [0.05, 0.1) is 16.9 Å². The number of aromatic carboxylic acids is 1. The summed E-state index contributed by atoms with van der Waals surface area (Å²) >= 11 is 0. The molecule has 0 saturated carbocycles. The van der Waals surface area contributed by atoms with Crippen LogP contribution in [0.15, 0.2) is 24.3 Å². The number of hydrogen-bond acceptors (Lipinski definition) is 4. The van der Waals surface area contributed by atoms with E-state index in [0.717, 1.165) is 0 Å². The Balaban J connectivity index is 2.52. The highest BCUT2D eigenvalue weighted by Gasteiger charge is 2.15. The number of aromatic nitrogens is 3. The Labute approximate surface area is 102 Å².